The lowest BCUT2D eigenvalue weighted by atomic mass is 9.98. The van der Waals surface area contributed by atoms with Gasteiger partial charge in [0, 0.05) is 6.42 Å². The molecule has 2 aliphatic rings. The van der Waals surface area contributed by atoms with Crippen LogP contribution in [0.4, 0.5) is 0 Å². The molecule has 1 aromatic carbocycles. The molecule has 0 saturated heterocycles. The predicted octanol–water partition coefficient (Wildman–Crippen LogP) is 2.13. The first kappa shape index (κ1) is 13.6. The summed E-state index contributed by atoms with van der Waals surface area (Å²) < 4.78 is 0. The highest BCUT2D eigenvalue weighted by Crippen LogP contribution is 2.29. The molecule has 0 radical (unpaired) electrons. The van der Waals surface area contributed by atoms with Gasteiger partial charge in [-0.2, -0.15) is 5.26 Å². The Morgan fingerprint density at radius 2 is 2.05 bits per heavy atom. The van der Waals surface area contributed by atoms with Crippen molar-refractivity contribution in [3.8, 4) is 6.07 Å². The molecule has 1 unspecified atom stereocenters. The zero-order valence-corrected chi connectivity index (χ0v) is 11.7. The number of carbonyl (C=O) groups is 1. The van der Waals surface area contributed by atoms with E-state index in [0.717, 1.165) is 24.1 Å². The van der Waals surface area contributed by atoms with Gasteiger partial charge in [-0.05, 0) is 31.2 Å². The normalized spacial score (nSPS) is 23.0. The Morgan fingerprint density at radius 3 is 2.71 bits per heavy atom. The summed E-state index contributed by atoms with van der Waals surface area (Å²) in [6.45, 7) is 0. The fraction of sp³-hybridized carbons (Fsp3) is 0.438. The molecule has 0 aromatic heterocycles. The van der Waals surface area contributed by atoms with Crippen molar-refractivity contribution in [1.82, 2.24) is 5.32 Å². The Bertz CT molecular complexity index is 598. The van der Waals surface area contributed by atoms with E-state index in [1.54, 1.807) is 0 Å². The average molecular weight is 283 g/mol. The smallest absolute Gasteiger partial charge is 0.265 e. The zero-order valence-electron chi connectivity index (χ0n) is 11.7. The monoisotopic (exact) mass is 283 g/mol. The molecule has 3 rings (SSSR count). The molecule has 5 heteroatoms. The third-order valence-corrected chi connectivity index (χ3v) is 4.10. The van der Waals surface area contributed by atoms with Crippen LogP contribution in [0, 0.1) is 11.3 Å². The van der Waals surface area contributed by atoms with Gasteiger partial charge in [0.2, 0.25) is 6.10 Å². The second kappa shape index (κ2) is 5.57. The van der Waals surface area contributed by atoms with Gasteiger partial charge in [0.25, 0.3) is 5.91 Å². The Kier molecular flexibility index (Phi) is 3.61. The van der Waals surface area contributed by atoms with Gasteiger partial charge < -0.3 is 10.2 Å². The van der Waals surface area contributed by atoms with E-state index in [1.165, 1.54) is 0 Å². The summed E-state index contributed by atoms with van der Waals surface area (Å²) in [6.07, 6.45) is 3.20. The Labute approximate surface area is 123 Å². The van der Waals surface area contributed by atoms with E-state index < -0.39 is 11.6 Å². The summed E-state index contributed by atoms with van der Waals surface area (Å²) in [7, 11) is 0. The van der Waals surface area contributed by atoms with Crippen LogP contribution >= 0.6 is 0 Å². The quantitative estimate of drug-likeness (QED) is 0.923. The maximum atomic E-state index is 12.3. The molecule has 21 heavy (non-hydrogen) atoms. The molecule has 1 heterocycles. The Balaban J connectivity index is 1.63. The molecule has 0 bridgehead atoms. The Hall–Kier alpha value is -2.35. The fourth-order valence-corrected chi connectivity index (χ4v) is 2.88. The largest absolute Gasteiger partial charge is 0.382 e. The highest BCUT2D eigenvalue weighted by molar-refractivity contribution is 6.04. The minimum absolute atomic E-state index is 0.242. The molecule has 1 aliphatic carbocycles. The summed E-state index contributed by atoms with van der Waals surface area (Å²) in [5, 5.41) is 16.2. The number of oxime groups is 1. The van der Waals surface area contributed by atoms with Crippen LogP contribution in [0.15, 0.2) is 35.5 Å². The van der Waals surface area contributed by atoms with E-state index in [4.69, 9.17) is 4.84 Å². The number of amides is 1. The number of nitrogens with one attached hydrogen (secondary N) is 1. The molecule has 1 N–H and O–H groups in total. The number of nitrogens with zero attached hydrogens (tertiary/aromatic N) is 2. The number of benzene rings is 1. The minimum Gasteiger partial charge on any atom is -0.382 e. The zero-order chi connectivity index (χ0) is 14.7. The number of hydrogen-bond donors (Lipinski definition) is 1. The van der Waals surface area contributed by atoms with Gasteiger partial charge in [0.15, 0.2) is 0 Å². The van der Waals surface area contributed by atoms with Gasteiger partial charge >= 0.3 is 0 Å². The van der Waals surface area contributed by atoms with E-state index in [9.17, 15) is 10.1 Å². The molecule has 1 atom stereocenters. The van der Waals surface area contributed by atoms with Crippen LogP contribution in [0.1, 0.15) is 37.7 Å². The SMILES string of the molecule is N#CC1(NC(=O)C2CC(c3ccccc3)=NO2)CCCC1. The molecule has 0 spiro atoms. The maximum Gasteiger partial charge on any atom is 0.265 e. The molecule has 1 amide bonds. The van der Waals surface area contributed by atoms with Gasteiger partial charge in [-0.25, -0.2) is 0 Å². The summed E-state index contributed by atoms with van der Waals surface area (Å²) in [4.78, 5) is 17.5. The van der Waals surface area contributed by atoms with Crippen LogP contribution in [0.3, 0.4) is 0 Å². The summed E-state index contributed by atoms with van der Waals surface area (Å²) in [5.74, 6) is -0.242. The molecule has 1 fully saturated rings. The maximum absolute atomic E-state index is 12.3. The van der Waals surface area contributed by atoms with Crippen molar-refractivity contribution < 1.29 is 9.63 Å². The summed E-state index contributed by atoms with van der Waals surface area (Å²) in [6, 6.07) is 11.9. The van der Waals surface area contributed by atoms with Crippen molar-refractivity contribution in [2.24, 2.45) is 5.16 Å². The van der Waals surface area contributed by atoms with Crippen molar-refractivity contribution in [3.05, 3.63) is 35.9 Å². The first-order valence-electron chi connectivity index (χ1n) is 7.24. The third-order valence-electron chi connectivity index (χ3n) is 4.10. The molecule has 1 saturated carbocycles. The van der Waals surface area contributed by atoms with E-state index >= 15 is 0 Å². The number of carbonyl (C=O) groups excluding carboxylic acids is 1. The number of nitriles is 1. The first-order chi connectivity index (χ1) is 10.2. The highest BCUT2D eigenvalue weighted by Gasteiger charge is 2.39. The predicted molar refractivity (Wildman–Crippen MR) is 77.4 cm³/mol. The van der Waals surface area contributed by atoms with Crippen molar-refractivity contribution in [3.63, 3.8) is 0 Å². The van der Waals surface area contributed by atoms with Crippen LogP contribution in [0.5, 0.6) is 0 Å². The summed E-state index contributed by atoms with van der Waals surface area (Å²) in [5.41, 5.74) is 1.02. The second-order valence-corrected chi connectivity index (χ2v) is 5.59. The topological polar surface area (TPSA) is 74.5 Å². The lowest BCUT2D eigenvalue weighted by molar-refractivity contribution is -0.132. The first-order valence-corrected chi connectivity index (χ1v) is 7.24. The van der Waals surface area contributed by atoms with Crippen LogP contribution in [0.25, 0.3) is 0 Å². The van der Waals surface area contributed by atoms with E-state index in [-0.39, 0.29) is 5.91 Å². The minimum atomic E-state index is -0.712. The lowest BCUT2D eigenvalue weighted by Gasteiger charge is -2.23. The second-order valence-electron chi connectivity index (χ2n) is 5.59. The number of rotatable bonds is 3. The van der Waals surface area contributed by atoms with Crippen LogP contribution in [-0.4, -0.2) is 23.3 Å². The van der Waals surface area contributed by atoms with Crippen molar-refractivity contribution in [2.45, 2.75) is 43.7 Å². The van der Waals surface area contributed by atoms with E-state index in [0.29, 0.717) is 19.3 Å². The molecule has 108 valence electrons. The molecule has 1 aliphatic heterocycles. The Morgan fingerprint density at radius 1 is 1.33 bits per heavy atom. The average Bonchev–Trinajstić information content (AvgIpc) is 3.18. The molecular formula is C16H17N3O2. The van der Waals surface area contributed by atoms with Crippen molar-refractivity contribution >= 4 is 11.6 Å². The highest BCUT2D eigenvalue weighted by atomic mass is 16.6. The van der Waals surface area contributed by atoms with Gasteiger partial charge in [0.05, 0.1) is 11.8 Å². The van der Waals surface area contributed by atoms with Crippen molar-refractivity contribution in [2.75, 3.05) is 0 Å². The van der Waals surface area contributed by atoms with Gasteiger partial charge in [-0.15, -0.1) is 0 Å². The summed E-state index contributed by atoms with van der Waals surface area (Å²) >= 11 is 0. The van der Waals surface area contributed by atoms with Gasteiger partial charge in [-0.1, -0.05) is 35.5 Å². The van der Waals surface area contributed by atoms with Crippen LogP contribution in [-0.2, 0) is 9.63 Å². The molecule has 1 aromatic rings. The standard InChI is InChI=1S/C16H17N3O2/c17-11-16(8-4-5-9-16)18-15(20)14-10-13(19-21-14)12-6-2-1-3-7-12/h1-3,6-7,14H,4-5,8-10H2,(H,18,20). The van der Waals surface area contributed by atoms with Crippen molar-refractivity contribution in [1.29, 1.82) is 5.26 Å². The lowest BCUT2D eigenvalue weighted by Crippen LogP contribution is -2.49. The van der Waals surface area contributed by atoms with E-state index in [2.05, 4.69) is 16.5 Å². The van der Waals surface area contributed by atoms with Crippen LogP contribution < -0.4 is 5.32 Å². The van der Waals surface area contributed by atoms with E-state index in [1.807, 2.05) is 30.3 Å². The number of hydrogen-bond acceptors (Lipinski definition) is 4. The van der Waals surface area contributed by atoms with Crippen LogP contribution in [0.2, 0.25) is 0 Å². The molecule has 5 nitrogen and oxygen atoms in total. The third kappa shape index (κ3) is 2.75. The van der Waals surface area contributed by atoms with Gasteiger partial charge in [-0.3, -0.25) is 4.79 Å². The molecular weight excluding hydrogens is 266 g/mol. The van der Waals surface area contributed by atoms with Gasteiger partial charge in [0.1, 0.15) is 5.54 Å². The fourth-order valence-electron chi connectivity index (χ4n) is 2.88.